The van der Waals surface area contributed by atoms with E-state index in [4.69, 9.17) is 0 Å². The van der Waals surface area contributed by atoms with Crippen LogP contribution in [0.5, 0.6) is 0 Å². The highest BCUT2D eigenvalue weighted by Gasteiger charge is 2.24. The second-order valence-electron chi connectivity index (χ2n) is 4.46. The van der Waals surface area contributed by atoms with Gasteiger partial charge in [0.05, 0.1) is 5.60 Å². The molecule has 0 spiro atoms. The van der Waals surface area contributed by atoms with Gasteiger partial charge in [0, 0.05) is 24.9 Å². The smallest absolute Gasteiger partial charge is 0.126 e. The van der Waals surface area contributed by atoms with Crippen LogP contribution in [0.4, 0.5) is 8.78 Å². The summed E-state index contributed by atoms with van der Waals surface area (Å²) in [5.41, 5.74) is -0.263. The highest BCUT2D eigenvalue weighted by Crippen LogP contribution is 2.26. The Morgan fingerprint density at radius 2 is 1.67 bits per heavy atom. The van der Waals surface area contributed by atoms with Crippen LogP contribution in [0.25, 0.3) is 0 Å². The summed E-state index contributed by atoms with van der Waals surface area (Å²) in [6.45, 7) is 1.53. The Morgan fingerprint density at radius 1 is 1.11 bits per heavy atom. The molecule has 1 aromatic carbocycles. The molecule has 0 amide bonds. The van der Waals surface area contributed by atoms with E-state index in [1.807, 2.05) is 0 Å². The lowest BCUT2D eigenvalue weighted by atomic mass is 9.89. The zero-order chi connectivity index (χ0) is 13.2. The van der Waals surface area contributed by atoms with Crippen molar-refractivity contribution in [1.82, 2.24) is 4.98 Å². The third kappa shape index (κ3) is 2.90. The van der Waals surface area contributed by atoms with Crippen molar-refractivity contribution in [2.24, 2.45) is 0 Å². The molecule has 0 saturated heterocycles. The number of nitrogens with zero attached hydrogens (tertiary/aromatic N) is 1. The summed E-state index contributed by atoms with van der Waals surface area (Å²) in [6.07, 6.45) is 3.48. The fourth-order valence-corrected chi connectivity index (χ4v) is 1.86. The molecule has 1 heterocycles. The van der Waals surface area contributed by atoms with Crippen molar-refractivity contribution in [3.8, 4) is 0 Å². The number of pyridine rings is 1. The average Bonchev–Trinajstić information content (AvgIpc) is 2.28. The summed E-state index contributed by atoms with van der Waals surface area (Å²) in [7, 11) is 0. The topological polar surface area (TPSA) is 33.1 Å². The molecular weight excluding hydrogens is 236 g/mol. The molecule has 0 radical (unpaired) electrons. The van der Waals surface area contributed by atoms with Gasteiger partial charge in [0.25, 0.3) is 0 Å². The van der Waals surface area contributed by atoms with Crippen molar-refractivity contribution in [2.45, 2.75) is 18.9 Å². The maximum atomic E-state index is 13.1. The van der Waals surface area contributed by atoms with Gasteiger partial charge in [0.2, 0.25) is 0 Å². The van der Waals surface area contributed by atoms with Crippen LogP contribution in [-0.2, 0) is 12.0 Å². The number of benzene rings is 1. The summed E-state index contributed by atoms with van der Waals surface area (Å²) in [5, 5.41) is 10.3. The minimum Gasteiger partial charge on any atom is -0.385 e. The zero-order valence-corrected chi connectivity index (χ0v) is 9.90. The number of aromatic nitrogens is 1. The highest BCUT2D eigenvalue weighted by molar-refractivity contribution is 5.26. The van der Waals surface area contributed by atoms with Crippen LogP contribution in [0.1, 0.15) is 18.1 Å². The third-order valence-corrected chi connectivity index (χ3v) is 2.78. The largest absolute Gasteiger partial charge is 0.385 e. The predicted octanol–water partition coefficient (Wildman–Crippen LogP) is 2.81. The molecule has 0 saturated carbocycles. The molecule has 2 nitrogen and oxygen atoms in total. The summed E-state index contributed by atoms with van der Waals surface area (Å²) in [6, 6.07) is 6.58. The van der Waals surface area contributed by atoms with Crippen LogP contribution in [-0.4, -0.2) is 10.1 Å². The number of hydrogen-bond donors (Lipinski definition) is 1. The van der Waals surface area contributed by atoms with Crippen LogP contribution in [0, 0.1) is 11.6 Å². The monoisotopic (exact) mass is 249 g/mol. The maximum Gasteiger partial charge on any atom is 0.126 e. The van der Waals surface area contributed by atoms with Gasteiger partial charge in [-0.3, -0.25) is 4.98 Å². The Morgan fingerprint density at radius 3 is 2.22 bits per heavy atom. The first-order valence-electron chi connectivity index (χ1n) is 5.55. The molecule has 1 unspecified atom stereocenters. The van der Waals surface area contributed by atoms with Gasteiger partial charge in [-0.25, -0.2) is 8.78 Å². The molecule has 0 aliphatic rings. The zero-order valence-electron chi connectivity index (χ0n) is 9.90. The number of hydrogen-bond acceptors (Lipinski definition) is 2. The van der Waals surface area contributed by atoms with E-state index in [9.17, 15) is 13.9 Å². The lowest BCUT2D eigenvalue weighted by Crippen LogP contribution is -2.24. The van der Waals surface area contributed by atoms with E-state index in [-0.39, 0.29) is 12.0 Å². The van der Waals surface area contributed by atoms with Crippen LogP contribution < -0.4 is 0 Å². The van der Waals surface area contributed by atoms with Gasteiger partial charge in [-0.05, 0) is 42.3 Å². The standard InChI is InChI=1S/C14H13F2NO/c1-14(18,9-10-2-4-17-5-3-10)11-6-12(15)8-13(16)7-11/h2-8,18H,9H2,1H3. The highest BCUT2D eigenvalue weighted by atomic mass is 19.1. The van der Waals surface area contributed by atoms with E-state index in [1.165, 1.54) is 6.92 Å². The Labute approximate surface area is 104 Å². The van der Waals surface area contributed by atoms with Gasteiger partial charge < -0.3 is 5.11 Å². The van der Waals surface area contributed by atoms with E-state index >= 15 is 0 Å². The first-order chi connectivity index (χ1) is 8.47. The molecule has 0 fully saturated rings. The van der Waals surface area contributed by atoms with E-state index in [2.05, 4.69) is 4.98 Å². The molecular formula is C14H13F2NO. The molecule has 2 rings (SSSR count). The Hall–Kier alpha value is -1.81. The fourth-order valence-electron chi connectivity index (χ4n) is 1.86. The average molecular weight is 249 g/mol. The molecule has 2 aromatic rings. The lowest BCUT2D eigenvalue weighted by molar-refractivity contribution is 0.0569. The first-order valence-corrected chi connectivity index (χ1v) is 5.55. The quantitative estimate of drug-likeness (QED) is 0.907. The first kappa shape index (κ1) is 12.6. The summed E-state index contributed by atoms with van der Waals surface area (Å²) in [4.78, 5) is 3.87. The summed E-state index contributed by atoms with van der Waals surface area (Å²) >= 11 is 0. The number of halogens is 2. The maximum absolute atomic E-state index is 13.1. The molecule has 1 atom stereocenters. The molecule has 0 aliphatic carbocycles. The predicted molar refractivity (Wildman–Crippen MR) is 63.9 cm³/mol. The summed E-state index contributed by atoms with van der Waals surface area (Å²) in [5.74, 6) is -1.39. The minimum atomic E-state index is -1.33. The van der Waals surface area contributed by atoms with E-state index in [0.29, 0.717) is 0 Å². The van der Waals surface area contributed by atoms with Crippen molar-refractivity contribution in [3.63, 3.8) is 0 Å². The molecule has 1 aromatic heterocycles. The number of rotatable bonds is 3. The van der Waals surface area contributed by atoms with E-state index in [1.54, 1.807) is 24.5 Å². The van der Waals surface area contributed by atoms with Crippen LogP contribution >= 0.6 is 0 Å². The number of aliphatic hydroxyl groups is 1. The van der Waals surface area contributed by atoms with Crippen LogP contribution in [0.15, 0.2) is 42.7 Å². The Kier molecular flexibility index (Phi) is 3.39. The van der Waals surface area contributed by atoms with Gasteiger partial charge >= 0.3 is 0 Å². The van der Waals surface area contributed by atoms with E-state index in [0.717, 1.165) is 23.8 Å². The fraction of sp³-hybridized carbons (Fsp3) is 0.214. The molecule has 1 N–H and O–H groups in total. The Balaban J connectivity index is 2.30. The van der Waals surface area contributed by atoms with Crippen LogP contribution in [0.2, 0.25) is 0 Å². The van der Waals surface area contributed by atoms with Crippen molar-refractivity contribution in [2.75, 3.05) is 0 Å². The van der Waals surface area contributed by atoms with Gasteiger partial charge in [-0.15, -0.1) is 0 Å². The second kappa shape index (κ2) is 4.82. The third-order valence-electron chi connectivity index (χ3n) is 2.78. The Bertz CT molecular complexity index is 520. The van der Waals surface area contributed by atoms with Crippen LogP contribution in [0.3, 0.4) is 0 Å². The molecule has 4 heteroatoms. The van der Waals surface area contributed by atoms with Gasteiger partial charge in [0.1, 0.15) is 11.6 Å². The van der Waals surface area contributed by atoms with Crippen molar-refractivity contribution in [3.05, 3.63) is 65.5 Å². The minimum absolute atomic E-state index is 0.219. The SMILES string of the molecule is CC(O)(Cc1ccncc1)c1cc(F)cc(F)c1. The normalized spacial score (nSPS) is 14.2. The second-order valence-corrected chi connectivity index (χ2v) is 4.46. The molecule has 18 heavy (non-hydrogen) atoms. The van der Waals surface area contributed by atoms with Gasteiger partial charge in [0.15, 0.2) is 0 Å². The van der Waals surface area contributed by atoms with Crippen molar-refractivity contribution < 1.29 is 13.9 Å². The van der Waals surface area contributed by atoms with Gasteiger partial charge in [-0.2, -0.15) is 0 Å². The van der Waals surface area contributed by atoms with E-state index < -0.39 is 17.2 Å². The lowest BCUT2D eigenvalue weighted by Gasteiger charge is -2.24. The molecule has 0 aliphatic heterocycles. The summed E-state index contributed by atoms with van der Waals surface area (Å²) < 4.78 is 26.3. The van der Waals surface area contributed by atoms with Gasteiger partial charge in [-0.1, -0.05) is 0 Å². The molecule has 94 valence electrons. The van der Waals surface area contributed by atoms with Crippen molar-refractivity contribution in [1.29, 1.82) is 0 Å². The van der Waals surface area contributed by atoms with Crippen molar-refractivity contribution >= 4 is 0 Å². The molecule has 0 bridgehead atoms.